The van der Waals surface area contributed by atoms with Crippen molar-refractivity contribution < 1.29 is 13.2 Å². The number of benzene rings is 2. The van der Waals surface area contributed by atoms with Gasteiger partial charge in [0.2, 0.25) is 10.0 Å². The van der Waals surface area contributed by atoms with Gasteiger partial charge < -0.3 is 4.90 Å². The highest BCUT2D eigenvalue weighted by molar-refractivity contribution is 7.89. The fourth-order valence-corrected chi connectivity index (χ4v) is 5.03. The summed E-state index contributed by atoms with van der Waals surface area (Å²) in [6.45, 7) is 5.02. The Bertz CT molecular complexity index is 1150. The Kier molecular flexibility index (Phi) is 5.44. The average molecular weight is 425 g/mol. The monoisotopic (exact) mass is 424 g/mol. The van der Waals surface area contributed by atoms with E-state index in [0.29, 0.717) is 18.7 Å². The number of aryl methyl sites for hydroxylation is 1. The second kappa shape index (κ2) is 8.04. The number of sulfonamides is 1. The molecule has 1 aliphatic rings. The van der Waals surface area contributed by atoms with E-state index in [1.807, 2.05) is 44.2 Å². The molecule has 7 nitrogen and oxygen atoms in total. The summed E-state index contributed by atoms with van der Waals surface area (Å²) in [6, 6.07) is 16.5. The standard InChI is InChI=1S/C22H24N4O3S/c1-17-8-10-20(11-9-17)30(28,29)25-14-12-24(13-15-25)22(27)21-16-23-26(18(21)2)19-6-4-3-5-7-19/h3-11,16H,12-15H2,1-2H3. The zero-order valence-electron chi connectivity index (χ0n) is 17.0. The lowest BCUT2D eigenvalue weighted by Gasteiger charge is -2.34. The molecule has 0 bridgehead atoms. The van der Waals surface area contributed by atoms with Gasteiger partial charge in [-0.25, -0.2) is 13.1 Å². The van der Waals surface area contributed by atoms with E-state index in [-0.39, 0.29) is 23.9 Å². The van der Waals surface area contributed by atoms with Crippen LogP contribution in [0, 0.1) is 13.8 Å². The number of rotatable bonds is 4. The molecular weight excluding hydrogens is 400 g/mol. The van der Waals surface area contributed by atoms with Crippen LogP contribution in [0.4, 0.5) is 0 Å². The van der Waals surface area contributed by atoms with Crippen LogP contribution in [0.2, 0.25) is 0 Å². The Morgan fingerprint density at radius 3 is 2.17 bits per heavy atom. The van der Waals surface area contributed by atoms with Crippen molar-refractivity contribution in [2.24, 2.45) is 0 Å². The Hall–Kier alpha value is -2.97. The van der Waals surface area contributed by atoms with Gasteiger partial charge in [0, 0.05) is 26.2 Å². The molecule has 156 valence electrons. The maximum Gasteiger partial charge on any atom is 0.257 e. The first-order valence-electron chi connectivity index (χ1n) is 9.84. The molecule has 1 aromatic heterocycles. The van der Waals surface area contributed by atoms with Crippen LogP contribution in [0.1, 0.15) is 21.6 Å². The van der Waals surface area contributed by atoms with Crippen LogP contribution in [0.5, 0.6) is 0 Å². The first-order valence-corrected chi connectivity index (χ1v) is 11.3. The number of nitrogens with zero attached hydrogens (tertiary/aromatic N) is 4. The number of piperazine rings is 1. The molecule has 8 heteroatoms. The zero-order chi connectivity index (χ0) is 21.3. The number of amides is 1. The van der Waals surface area contributed by atoms with Gasteiger partial charge in [-0.1, -0.05) is 35.9 Å². The maximum atomic E-state index is 13.0. The summed E-state index contributed by atoms with van der Waals surface area (Å²) in [4.78, 5) is 15.0. The lowest BCUT2D eigenvalue weighted by molar-refractivity contribution is 0.0697. The molecule has 2 aromatic carbocycles. The second-order valence-electron chi connectivity index (χ2n) is 7.40. The van der Waals surface area contributed by atoms with Crippen molar-refractivity contribution in [3.8, 4) is 5.69 Å². The molecule has 0 spiro atoms. The SMILES string of the molecule is Cc1ccc(S(=O)(=O)N2CCN(C(=O)c3cnn(-c4ccccc4)c3C)CC2)cc1. The van der Waals surface area contributed by atoms with Crippen LogP contribution in [0.3, 0.4) is 0 Å². The molecular formula is C22H24N4O3S. The third kappa shape index (κ3) is 3.76. The highest BCUT2D eigenvalue weighted by Crippen LogP contribution is 2.20. The maximum absolute atomic E-state index is 13.0. The third-order valence-corrected chi connectivity index (χ3v) is 7.34. The quantitative estimate of drug-likeness (QED) is 0.645. The first kappa shape index (κ1) is 20.3. The van der Waals surface area contributed by atoms with Crippen LogP contribution >= 0.6 is 0 Å². The molecule has 4 rings (SSSR count). The summed E-state index contributed by atoms with van der Waals surface area (Å²) in [5.41, 5.74) is 3.20. The van der Waals surface area contributed by atoms with Crippen LogP contribution in [0.25, 0.3) is 5.69 Å². The van der Waals surface area contributed by atoms with Gasteiger partial charge in [0.1, 0.15) is 0 Å². The number of hydrogen-bond donors (Lipinski definition) is 0. The van der Waals surface area contributed by atoms with Crippen molar-refractivity contribution in [3.63, 3.8) is 0 Å². The summed E-state index contributed by atoms with van der Waals surface area (Å²) in [7, 11) is -3.55. The highest BCUT2D eigenvalue weighted by Gasteiger charge is 2.31. The first-order chi connectivity index (χ1) is 14.4. The molecule has 0 unspecified atom stereocenters. The zero-order valence-corrected chi connectivity index (χ0v) is 17.8. The Morgan fingerprint density at radius 1 is 0.900 bits per heavy atom. The minimum atomic E-state index is -3.55. The number of aromatic nitrogens is 2. The molecule has 1 fully saturated rings. The van der Waals surface area contributed by atoms with Gasteiger partial charge >= 0.3 is 0 Å². The van der Waals surface area contributed by atoms with Crippen molar-refractivity contribution in [1.82, 2.24) is 19.0 Å². The topological polar surface area (TPSA) is 75.5 Å². The third-order valence-electron chi connectivity index (χ3n) is 5.43. The molecule has 0 aliphatic carbocycles. The molecule has 1 aliphatic heterocycles. The van der Waals surface area contributed by atoms with E-state index in [9.17, 15) is 13.2 Å². The van der Waals surface area contributed by atoms with Crippen LogP contribution < -0.4 is 0 Å². The molecule has 1 saturated heterocycles. The van der Waals surface area contributed by atoms with Crippen LogP contribution in [-0.2, 0) is 10.0 Å². The van der Waals surface area contributed by atoms with Crippen molar-refractivity contribution in [3.05, 3.63) is 77.6 Å². The van der Waals surface area contributed by atoms with Crippen molar-refractivity contribution >= 4 is 15.9 Å². The summed E-state index contributed by atoms with van der Waals surface area (Å²) in [5.74, 6) is -0.123. The number of para-hydroxylation sites is 1. The number of carbonyl (C=O) groups excluding carboxylic acids is 1. The van der Waals surface area contributed by atoms with Crippen molar-refractivity contribution in [1.29, 1.82) is 0 Å². The van der Waals surface area contributed by atoms with E-state index in [0.717, 1.165) is 16.9 Å². The van der Waals surface area contributed by atoms with E-state index in [4.69, 9.17) is 0 Å². The molecule has 30 heavy (non-hydrogen) atoms. The van der Waals surface area contributed by atoms with E-state index >= 15 is 0 Å². The minimum absolute atomic E-state index is 0.123. The lowest BCUT2D eigenvalue weighted by atomic mass is 10.2. The summed E-state index contributed by atoms with van der Waals surface area (Å²) in [6.07, 6.45) is 1.58. The van der Waals surface area contributed by atoms with E-state index in [1.165, 1.54) is 4.31 Å². The molecule has 0 saturated carbocycles. The Balaban J connectivity index is 1.46. The minimum Gasteiger partial charge on any atom is -0.336 e. The van der Waals surface area contributed by atoms with Gasteiger partial charge in [-0.2, -0.15) is 9.40 Å². The van der Waals surface area contributed by atoms with E-state index in [2.05, 4.69) is 5.10 Å². The van der Waals surface area contributed by atoms with Crippen molar-refractivity contribution in [2.45, 2.75) is 18.7 Å². The van der Waals surface area contributed by atoms with E-state index in [1.54, 1.807) is 40.0 Å². The average Bonchev–Trinajstić information content (AvgIpc) is 3.15. The molecule has 1 amide bonds. The normalized spacial score (nSPS) is 15.3. The summed E-state index contributed by atoms with van der Waals surface area (Å²) < 4.78 is 28.9. The predicted octanol–water partition coefficient (Wildman–Crippen LogP) is 2.64. The fraction of sp³-hybridized carbons (Fsp3) is 0.273. The number of hydrogen-bond acceptors (Lipinski definition) is 4. The van der Waals surface area contributed by atoms with Crippen molar-refractivity contribution in [2.75, 3.05) is 26.2 Å². The van der Waals surface area contributed by atoms with Gasteiger partial charge in [0.05, 0.1) is 28.0 Å². The van der Waals surface area contributed by atoms with Gasteiger partial charge in [-0.15, -0.1) is 0 Å². The smallest absolute Gasteiger partial charge is 0.257 e. The highest BCUT2D eigenvalue weighted by atomic mass is 32.2. The van der Waals surface area contributed by atoms with Crippen LogP contribution in [0.15, 0.2) is 65.7 Å². The molecule has 3 aromatic rings. The molecule has 0 atom stereocenters. The largest absolute Gasteiger partial charge is 0.336 e. The van der Waals surface area contributed by atoms with Gasteiger partial charge in [0.25, 0.3) is 5.91 Å². The molecule has 0 N–H and O–H groups in total. The molecule has 0 radical (unpaired) electrons. The van der Waals surface area contributed by atoms with Crippen LogP contribution in [-0.4, -0.2) is 59.5 Å². The van der Waals surface area contributed by atoms with Gasteiger partial charge in [-0.05, 0) is 38.1 Å². The second-order valence-corrected chi connectivity index (χ2v) is 9.34. The Morgan fingerprint density at radius 2 is 1.53 bits per heavy atom. The van der Waals surface area contributed by atoms with E-state index < -0.39 is 10.0 Å². The summed E-state index contributed by atoms with van der Waals surface area (Å²) in [5, 5.41) is 4.37. The summed E-state index contributed by atoms with van der Waals surface area (Å²) >= 11 is 0. The van der Waals surface area contributed by atoms with Gasteiger partial charge in [-0.3, -0.25) is 4.79 Å². The number of carbonyl (C=O) groups is 1. The Labute approximate surface area is 176 Å². The molecule has 2 heterocycles. The predicted molar refractivity (Wildman–Crippen MR) is 114 cm³/mol. The fourth-order valence-electron chi connectivity index (χ4n) is 3.61. The van der Waals surface area contributed by atoms with Gasteiger partial charge in [0.15, 0.2) is 0 Å². The lowest BCUT2D eigenvalue weighted by Crippen LogP contribution is -2.50.